The lowest BCUT2D eigenvalue weighted by Crippen LogP contribution is -2.50. The Balaban J connectivity index is 1.78. The maximum Gasteiger partial charge on any atom is 0.0771 e. The number of nitrogens with one attached hydrogen (secondary N) is 1. The van der Waals surface area contributed by atoms with Crippen molar-refractivity contribution in [2.24, 2.45) is 17.3 Å². The highest BCUT2D eigenvalue weighted by molar-refractivity contribution is 4.91. The molecule has 2 unspecified atom stereocenters. The van der Waals surface area contributed by atoms with Crippen LogP contribution in [-0.2, 0) is 0 Å². The molecule has 0 aromatic rings. The normalized spacial score (nSPS) is 41.5. The van der Waals surface area contributed by atoms with Crippen LogP contribution in [0.2, 0.25) is 0 Å². The van der Waals surface area contributed by atoms with E-state index in [-0.39, 0.29) is 0 Å². The van der Waals surface area contributed by atoms with E-state index in [0.29, 0.717) is 11.5 Å². The van der Waals surface area contributed by atoms with Crippen LogP contribution < -0.4 is 5.32 Å². The fourth-order valence-corrected chi connectivity index (χ4v) is 4.37. The van der Waals surface area contributed by atoms with Crippen molar-refractivity contribution in [1.82, 2.24) is 5.32 Å². The predicted octanol–water partition coefficient (Wildman–Crippen LogP) is 4.12. The highest BCUT2D eigenvalue weighted by Crippen LogP contribution is 2.39. The first kappa shape index (κ1) is 16.3. The van der Waals surface area contributed by atoms with Gasteiger partial charge in [-0.25, -0.2) is 0 Å². The molecular formula is C18H35NO. The van der Waals surface area contributed by atoms with Gasteiger partial charge in [0.25, 0.3) is 0 Å². The van der Waals surface area contributed by atoms with E-state index in [0.717, 1.165) is 31.2 Å². The highest BCUT2D eigenvalue weighted by atomic mass is 16.3. The van der Waals surface area contributed by atoms with Gasteiger partial charge in [-0.15, -0.1) is 0 Å². The van der Waals surface area contributed by atoms with Gasteiger partial charge in [-0.05, 0) is 62.2 Å². The Kier molecular flexibility index (Phi) is 5.18. The van der Waals surface area contributed by atoms with E-state index in [9.17, 15) is 5.11 Å². The van der Waals surface area contributed by atoms with Crippen molar-refractivity contribution >= 4 is 0 Å². The Morgan fingerprint density at radius 1 is 1.10 bits per heavy atom. The molecule has 0 bridgehead atoms. The average Bonchev–Trinajstić information content (AvgIpc) is 2.38. The summed E-state index contributed by atoms with van der Waals surface area (Å²) >= 11 is 0. The molecule has 118 valence electrons. The largest absolute Gasteiger partial charge is 0.389 e. The molecule has 0 saturated heterocycles. The van der Waals surface area contributed by atoms with Gasteiger partial charge < -0.3 is 10.4 Å². The lowest BCUT2D eigenvalue weighted by atomic mass is 9.70. The summed E-state index contributed by atoms with van der Waals surface area (Å²) in [5.74, 6) is 1.58. The van der Waals surface area contributed by atoms with Crippen LogP contribution in [0, 0.1) is 17.3 Å². The van der Waals surface area contributed by atoms with E-state index in [1.54, 1.807) is 0 Å². The molecule has 2 saturated carbocycles. The first-order valence-electron chi connectivity index (χ1n) is 8.79. The Morgan fingerprint density at radius 2 is 1.75 bits per heavy atom. The van der Waals surface area contributed by atoms with Gasteiger partial charge in [0.1, 0.15) is 0 Å². The third-order valence-electron chi connectivity index (χ3n) is 6.00. The molecule has 2 N–H and O–H groups in total. The van der Waals surface area contributed by atoms with Gasteiger partial charge in [-0.3, -0.25) is 0 Å². The Hall–Kier alpha value is -0.0800. The molecule has 0 radical (unpaired) electrons. The molecule has 0 spiro atoms. The number of rotatable bonds is 4. The zero-order valence-electron chi connectivity index (χ0n) is 14.0. The molecule has 0 heterocycles. The van der Waals surface area contributed by atoms with Gasteiger partial charge in [-0.1, -0.05) is 34.1 Å². The quantitative estimate of drug-likeness (QED) is 0.812. The molecule has 0 aromatic carbocycles. The molecule has 0 aromatic heterocycles. The molecule has 20 heavy (non-hydrogen) atoms. The summed E-state index contributed by atoms with van der Waals surface area (Å²) in [5, 5.41) is 14.4. The molecule has 2 aliphatic rings. The zero-order chi connectivity index (χ0) is 14.8. The highest BCUT2D eigenvalue weighted by Gasteiger charge is 2.36. The van der Waals surface area contributed by atoms with Crippen molar-refractivity contribution in [3.63, 3.8) is 0 Å². The van der Waals surface area contributed by atoms with Gasteiger partial charge >= 0.3 is 0 Å². The second-order valence-corrected chi connectivity index (χ2v) is 8.45. The zero-order valence-corrected chi connectivity index (χ0v) is 14.0. The van der Waals surface area contributed by atoms with Gasteiger partial charge in [-0.2, -0.15) is 0 Å². The lowest BCUT2D eigenvalue weighted by molar-refractivity contribution is -0.0145. The van der Waals surface area contributed by atoms with Crippen molar-refractivity contribution in [2.45, 2.75) is 90.7 Å². The number of aliphatic hydroxyl groups is 1. The second-order valence-electron chi connectivity index (χ2n) is 8.45. The molecule has 2 rings (SSSR count). The SMILES string of the molecule is CCC1CCC(O)(CNC2CCC(C)(C)CC2C)CC1. The summed E-state index contributed by atoms with van der Waals surface area (Å²) in [6, 6.07) is 0.607. The standard InChI is InChI=1S/C18H35NO/c1-5-15-6-10-18(20,11-7-15)13-19-16-8-9-17(3,4)12-14(16)2/h14-16,19-20H,5-13H2,1-4H3. The van der Waals surface area contributed by atoms with Crippen LogP contribution in [0.25, 0.3) is 0 Å². The summed E-state index contributed by atoms with van der Waals surface area (Å²) in [6.07, 6.45) is 9.56. The first-order valence-corrected chi connectivity index (χ1v) is 8.79. The molecule has 2 atom stereocenters. The average molecular weight is 281 g/mol. The Bertz CT molecular complexity index is 305. The topological polar surface area (TPSA) is 32.3 Å². The van der Waals surface area contributed by atoms with Gasteiger partial charge in [0.15, 0.2) is 0 Å². The number of hydrogen-bond donors (Lipinski definition) is 2. The third kappa shape index (κ3) is 4.21. The Morgan fingerprint density at radius 3 is 2.30 bits per heavy atom. The minimum atomic E-state index is -0.432. The first-order chi connectivity index (χ1) is 9.34. The van der Waals surface area contributed by atoms with Crippen LogP contribution in [0.5, 0.6) is 0 Å². The van der Waals surface area contributed by atoms with Crippen LogP contribution >= 0.6 is 0 Å². The van der Waals surface area contributed by atoms with E-state index in [1.165, 1.54) is 38.5 Å². The molecule has 2 aliphatic carbocycles. The minimum absolute atomic E-state index is 0.432. The molecule has 2 nitrogen and oxygen atoms in total. The van der Waals surface area contributed by atoms with Crippen molar-refractivity contribution < 1.29 is 5.11 Å². The van der Waals surface area contributed by atoms with Crippen LogP contribution in [-0.4, -0.2) is 23.3 Å². The van der Waals surface area contributed by atoms with Gasteiger partial charge in [0.2, 0.25) is 0 Å². The maximum absolute atomic E-state index is 10.7. The summed E-state index contributed by atoms with van der Waals surface area (Å²) < 4.78 is 0. The van der Waals surface area contributed by atoms with Crippen LogP contribution in [0.1, 0.15) is 79.1 Å². The molecule has 2 heteroatoms. The smallest absolute Gasteiger partial charge is 0.0771 e. The minimum Gasteiger partial charge on any atom is -0.389 e. The third-order valence-corrected chi connectivity index (χ3v) is 6.00. The van der Waals surface area contributed by atoms with Crippen molar-refractivity contribution in [2.75, 3.05) is 6.54 Å². The summed E-state index contributed by atoms with van der Waals surface area (Å²) in [4.78, 5) is 0. The van der Waals surface area contributed by atoms with Crippen LogP contribution in [0.3, 0.4) is 0 Å². The summed E-state index contributed by atoms with van der Waals surface area (Å²) in [6.45, 7) is 10.2. The van der Waals surface area contributed by atoms with E-state index >= 15 is 0 Å². The fraction of sp³-hybridized carbons (Fsp3) is 1.00. The summed E-state index contributed by atoms with van der Waals surface area (Å²) in [5.41, 5.74) is 0.0754. The van der Waals surface area contributed by atoms with E-state index in [1.807, 2.05) is 0 Å². The van der Waals surface area contributed by atoms with Crippen LogP contribution in [0.4, 0.5) is 0 Å². The number of hydrogen-bond acceptors (Lipinski definition) is 2. The fourth-order valence-electron chi connectivity index (χ4n) is 4.37. The second kappa shape index (κ2) is 6.36. The van der Waals surface area contributed by atoms with Crippen LogP contribution in [0.15, 0.2) is 0 Å². The molecule has 0 aliphatic heterocycles. The van der Waals surface area contributed by atoms with E-state index in [4.69, 9.17) is 0 Å². The molecule has 0 amide bonds. The van der Waals surface area contributed by atoms with Gasteiger partial charge in [0.05, 0.1) is 5.60 Å². The molecule has 2 fully saturated rings. The lowest BCUT2D eigenvalue weighted by Gasteiger charge is -2.42. The van der Waals surface area contributed by atoms with Crippen molar-refractivity contribution in [3.8, 4) is 0 Å². The molecular weight excluding hydrogens is 246 g/mol. The Labute approximate surface area is 125 Å². The maximum atomic E-state index is 10.7. The predicted molar refractivity (Wildman–Crippen MR) is 85.8 cm³/mol. The van der Waals surface area contributed by atoms with E-state index < -0.39 is 5.60 Å². The van der Waals surface area contributed by atoms with Crippen molar-refractivity contribution in [3.05, 3.63) is 0 Å². The summed E-state index contributed by atoms with van der Waals surface area (Å²) in [7, 11) is 0. The van der Waals surface area contributed by atoms with Gasteiger partial charge in [0, 0.05) is 12.6 Å². The van der Waals surface area contributed by atoms with E-state index in [2.05, 4.69) is 33.0 Å². The monoisotopic (exact) mass is 281 g/mol. The van der Waals surface area contributed by atoms with Crippen molar-refractivity contribution in [1.29, 1.82) is 0 Å².